The first-order valence-corrected chi connectivity index (χ1v) is 14.1. The number of thiocarbonyl (C=S) groups is 1. The van der Waals surface area contributed by atoms with E-state index in [0.29, 0.717) is 11.3 Å². The summed E-state index contributed by atoms with van der Waals surface area (Å²) in [6, 6.07) is 18.6. The zero-order valence-corrected chi connectivity index (χ0v) is 21.6. The molecule has 0 heterocycles. The molecule has 36 heavy (non-hydrogen) atoms. The minimum atomic E-state index is -4.01. The summed E-state index contributed by atoms with van der Waals surface area (Å²) in [6.45, 7) is 1.77. The van der Waals surface area contributed by atoms with Gasteiger partial charge in [-0.15, -0.1) is 0 Å². The summed E-state index contributed by atoms with van der Waals surface area (Å²) in [6.07, 6.45) is -0.298. The molecule has 1 unspecified atom stereocenters. The summed E-state index contributed by atoms with van der Waals surface area (Å²) in [5, 5.41) is 2.19. The molecule has 0 saturated heterocycles. The predicted octanol–water partition coefficient (Wildman–Crippen LogP) is 4.19. The van der Waals surface area contributed by atoms with Gasteiger partial charge in [0.25, 0.3) is 10.0 Å². The van der Waals surface area contributed by atoms with Gasteiger partial charge in [0.1, 0.15) is 0 Å². The summed E-state index contributed by atoms with van der Waals surface area (Å²) >= 11 is 4.57. The molecule has 1 atom stereocenters. The normalized spacial score (nSPS) is 12.2. The van der Waals surface area contributed by atoms with Gasteiger partial charge in [0.2, 0.25) is 10.0 Å². The van der Waals surface area contributed by atoms with Crippen LogP contribution >= 0.6 is 12.2 Å². The van der Waals surface area contributed by atoms with E-state index in [4.69, 9.17) is 4.74 Å². The van der Waals surface area contributed by atoms with Crippen molar-refractivity contribution < 1.29 is 26.4 Å². The molecule has 0 saturated carbocycles. The topological polar surface area (TPSA) is 131 Å². The zero-order chi connectivity index (χ0) is 26.2. The Hall–Kier alpha value is -3.41. The number of carbonyl (C=O) groups excluding carboxylic acids is 1. The van der Waals surface area contributed by atoms with Crippen LogP contribution in [0.15, 0.2) is 93.6 Å². The van der Waals surface area contributed by atoms with Crippen LogP contribution in [-0.4, -0.2) is 34.6 Å². The van der Waals surface area contributed by atoms with E-state index in [2.05, 4.69) is 31.8 Å². The van der Waals surface area contributed by atoms with E-state index < -0.39 is 32.1 Å². The number of esters is 1. The number of isothiocyanates is 1. The quantitative estimate of drug-likeness (QED) is 0.210. The number of anilines is 1. The van der Waals surface area contributed by atoms with Gasteiger partial charge in [-0.05, 0) is 67.2 Å². The first-order chi connectivity index (χ1) is 17.1. The molecular weight excluding hydrogens is 522 g/mol. The number of nitrogens with one attached hydrogen (secondary N) is 2. The van der Waals surface area contributed by atoms with Crippen LogP contribution in [0, 0.1) is 0 Å². The molecule has 0 aromatic heterocycles. The van der Waals surface area contributed by atoms with Crippen LogP contribution in [0.25, 0.3) is 0 Å². The van der Waals surface area contributed by atoms with Crippen LogP contribution in [0.3, 0.4) is 0 Å². The number of aliphatic imine (C=N–C) groups is 1. The first-order valence-electron chi connectivity index (χ1n) is 10.7. The number of nitrogens with zero attached hydrogens (tertiary/aromatic N) is 1. The molecule has 0 aliphatic carbocycles. The van der Waals surface area contributed by atoms with Crippen LogP contribution in [0.5, 0.6) is 0 Å². The summed E-state index contributed by atoms with van der Waals surface area (Å²) in [4.78, 5) is 16.0. The van der Waals surface area contributed by atoms with Gasteiger partial charge in [0.05, 0.1) is 39.7 Å². The molecule has 3 rings (SSSR count). The molecule has 0 fully saturated rings. The molecule has 0 bridgehead atoms. The predicted molar refractivity (Wildman–Crippen MR) is 139 cm³/mol. The van der Waals surface area contributed by atoms with Crippen molar-refractivity contribution in [3.63, 3.8) is 0 Å². The third kappa shape index (κ3) is 7.30. The molecule has 0 radical (unpaired) electrons. The number of ether oxygens (including phenoxy) is 1. The van der Waals surface area contributed by atoms with Gasteiger partial charge in [0.15, 0.2) is 0 Å². The maximum Gasteiger partial charge on any atom is 0.307 e. The molecule has 12 heteroatoms. The van der Waals surface area contributed by atoms with E-state index in [-0.39, 0.29) is 28.5 Å². The van der Waals surface area contributed by atoms with Crippen LogP contribution in [0.1, 0.15) is 24.9 Å². The molecule has 3 aromatic carbocycles. The van der Waals surface area contributed by atoms with Crippen LogP contribution in [0.2, 0.25) is 0 Å². The fourth-order valence-corrected chi connectivity index (χ4v) is 5.71. The van der Waals surface area contributed by atoms with Crippen molar-refractivity contribution in [1.82, 2.24) is 4.72 Å². The molecule has 0 amide bonds. The van der Waals surface area contributed by atoms with Crippen molar-refractivity contribution in [3.05, 3.63) is 84.4 Å². The maximum absolute atomic E-state index is 12.9. The molecule has 0 aliphatic rings. The molecular formula is C24H23N3O6S3. The van der Waals surface area contributed by atoms with E-state index >= 15 is 0 Å². The summed E-state index contributed by atoms with van der Waals surface area (Å²) in [7, 11) is -8.00. The highest BCUT2D eigenvalue weighted by atomic mass is 32.2. The van der Waals surface area contributed by atoms with E-state index in [0.717, 1.165) is 0 Å². The molecule has 2 N–H and O–H groups in total. The Balaban J connectivity index is 1.92. The van der Waals surface area contributed by atoms with Crippen molar-refractivity contribution in [1.29, 1.82) is 0 Å². The number of benzene rings is 3. The number of hydrogen-bond donors (Lipinski definition) is 2. The van der Waals surface area contributed by atoms with Crippen LogP contribution < -0.4 is 9.44 Å². The highest BCUT2D eigenvalue weighted by Crippen LogP contribution is 2.26. The monoisotopic (exact) mass is 545 g/mol. The Morgan fingerprint density at radius 1 is 0.944 bits per heavy atom. The minimum Gasteiger partial charge on any atom is -0.466 e. The van der Waals surface area contributed by atoms with E-state index in [9.17, 15) is 21.6 Å². The maximum atomic E-state index is 12.9. The molecule has 0 spiro atoms. The van der Waals surface area contributed by atoms with Gasteiger partial charge in [-0.2, -0.15) is 4.99 Å². The van der Waals surface area contributed by atoms with Crippen molar-refractivity contribution >= 4 is 54.8 Å². The molecule has 9 nitrogen and oxygen atoms in total. The Morgan fingerprint density at radius 3 is 2.33 bits per heavy atom. The number of sulfonamides is 2. The lowest BCUT2D eigenvalue weighted by Crippen LogP contribution is -2.31. The second-order valence-electron chi connectivity index (χ2n) is 7.43. The lowest BCUT2D eigenvalue weighted by atomic mass is 10.0. The Morgan fingerprint density at radius 2 is 1.64 bits per heavy atom. The fraction of sp³-hybridized carbons (Fsp3) is 0.167. The van der Waals surface area contributed by atoms with Gasteiger partial charge in [0, 0.05) is 5.69 Å². The number of hydrogen-bond acceptors (Lipinski definition) is 8. The van der Waals surface area contributed by atoms with Gasteiger partial charge < -0.3 is 4.74 Å². The molecule has 0 aliphatic heterocycles. The number of carbonyl (C=O) groups is 1. The van der Waals surface area contributed by atoms with E-state index in [1.54, 1.807) is 43.3 Å². The second kappa shape index (κ2) is 12.0. The van der Waals surface area contributed by atoms with Crippen molar-refractivity contribution in [2.45, 2.75) is 29.2 Å². The van der Waals surface area contributed by atoms with E-state index in [1.807, 2.05) is 0 Å². The SMILES string of the molecule is CCOC(=O)CC(NS(=O)(=O)c1ccccc1)c1cccc(NS(=O)(=O)c2cccc(N=C=S)c2)c1. The number of rotatable bonds is 11. The fourth-order valence-electron chi connectivity index (χ4n) is 3.28. The third-order valence-corrected chi connectivity index (χ3v) is 7.83. The van der Waals surface area contributed by atoms with Gasteiger partial charge in [-0.25, -0.2) is 21.6 Å². The van der Waals surface area contributed by atoms with Gasteiger partial charge >= 0.3 is 5.97 Å². The third-order valence-electron chi connectivity index (χ3n) is 4.87. The van der Waals surface area contributed by atoms with Crippen molar-refractivity contribution in [3.8, 4) is 0 Å². The summed E-state index contributed by atoms with van der Waals surface area (Å²) in [5.41, 5.74) is 0.859. The lowest BCUT2D eigenvalue weighted by molar-refractivity contribution is -0.143. The van der Waals surface area contributed by atoms with Crippen molar-refractivity contribution in [2.75, 3.05) is 11.3 Å². The highest BCUT2D eigenvalue weighted by molar-refractivity contribution is 7.92. The lowest BCUT2D eigenvalue weighted by Gasteiger charge is -2.20. The minimum absolute atomic E-state index is 0.0228. The van der Waals surface area contributed by atoms with E-state index in [1.165, 1.54) is 42.5 Å². The second-order valence-corrected chi connectivity index (χ2v) is 11.0. The van der Waals surface area contributed by atoms with Crippen LogP contribution in [-0.2, 0) is 29.6 Å². The first kappa shape index (κ1) is 27.2. The standard InChI is InChI=1S/C24H23N3O6S3/c1-2-33-24(28)16-23(27-35(29,30)21-11-4-3-5-12-21)18-8-6-10-20(14-18)26-36(31,32)22-13-7-9-19(15-22)25-17-34/h3-15,23,26-27H,2,16H2,1H3. The highest BCUT2D eigenvalue weighted by Gasteiger charge is 2.25. The average molecular weight is 546 g/mol. The zero-order valence-electron chi connectivity index (χ0n) is 19.1. The summed E-state index contributed by atoms with van der Waals surface area (Å²) in [5.74, 6) is -0.611. The molecule has 3 aromatic rings. The largest absolute Gasteiger partial charge is 0.466 e. The van der Waals surface area contributed by atoms with Crippen LogP contribution in [0.4, 0.5) is 11.4 Å². The van der Waals surface area contributed by atoms with Crippen molar-refractivity contribution in [2.24, 2.45) is 4.99 Å². The Bertz CT molecular complexity index is 1490. The molecule has 188 valence electrons. The summed E-state index contributed by atoms with van der Waals surface area (Å²) < 4.78 is 61.7. The Kier molecular flexibility index (Phi) is 9.08. The van der Waals surface area contributed by atoms with Gasteiger partial charge in [-0.1, -0.05) is 36.4 Å². The average Bonchev–Trinajstić information content (AvgIpc) is 2.84. The Labute approximate surface area is 215 Å². The smallest absolute Gasteiger partial charge is 0.307 e. The van der Waals surface area contributed by atoms with Gasteiger partial charge in [-0.3, -0.25) is 9.52 Å².